The Hall–Kier alpha value is -1.46. The normalized spacial score (nSPS) is 13.7. The van der Waals surface area contributed by atoms with Gasteiger partial charge < -0.3 is 5.32 Å². The lowest BCUT2D eigenvalue weighted by atomic mass is 10.1. The van der Waals surface area contributed by atoms with Crippen molar-refractivity contribution in [2.75, 3.05) is 0 Å². The van der Waals surface area contributed by atoms with Crippen LogP contribution in [0.2, 0.25) is 0 Å². The quantitative estimate of drug-likeness (QED) is 0.615. The van der Waals surface area contributed by atoms with Crippen LogP contribution in [0.1, 0.15) is 17.9 Å². The maximum absolute atomic E-state index is 11.6. The molecule has 2 nitrogen and oxygen atoms in total. The van der Waals surface area contributed by atoms with Gasteiger partial charge in [-0.3, -0.25) is 4.79 Å². The second-order valence-electron chi connectivity index (χ2n) is 3.17. The van der Waals surface area contributed by atoms with Crippen molar-refractivity contribution in [1.82, 2.24) is 5.32 Å². The topological polar surface area (TPSA) is 29.1 Å². The number of nitrogens with one attached hydrogen (secondary N) is 1. The lowest BCUT2D eigenvalue weighted by Gasteiger charge is -2.12. The van der Waals surface area contributed by atoms with Crippen LogP contribution in [0.25, 0.3) is 0 Å². The molecule has 78 valence electrons. The predicted octanol–water partition coefficient (Wildman–Crippen LogP) is 2.10. The van der Waals surface area contributed by atoms with Gasteiger partial charge in [0.05, 0.1) is 6.04 Å². The molecule has 1 rings (SSSR count). The number of benzene rings is 1. The van der Waals surface area contributed by atoms with Crippen LogP contribution in [0.5, 0.6) is 0 Å². The molecule has 0 fully saturated rings. The van der Waals surface area contributed by atoms with Crippen molar-refractivity contribution in [2.24, 2.45) is 0 Å². The van der Waals surface area contributed by atoms with E-state index in [1.807, 2.05) is 18.2 Å². The van der Waals surface area contributed by atoms with Crippen LogP contribution in [0, 0.1) is 12.3 Å². The zero-order chi connectivity index (χ0) is 11.3. The van der Waals surface area contributed by atoms with Gasteiger partial charge >= 0.3 is 0 Å². The van der Waals surface area contributed by atoms with Crippen molar-refractivity contribution in [1.29, 1.82) is 0 Å². The average molecular weight is 222 g/mol. The Morgan fingerprint density at radius 2 is 2.07 bits per heavy atom. The average Bonchev–Trinajstić information content (AvgIpc) is 2.29. The summed E-state index contributed by atoms with van der Waals surface area (Å²) in [7, 11) is 0. The number of halogens is 1. The molecule has 0 spiro atoms. The summed E-state index contributed by atoms with van der Waals surface area (Å²) >= 11 is 5.98. The first-order valence-corrected chi connectivity index (χ1v) is 5.04. The second kappa shape index (κ2) is 5.43. The van der Waals surface area contributed by atoms with Gasteiger partial charge in [-0.15, -0.1) is 18.0 Å². The first-order valence-electron chi connectivity index (χ1n) is 4.60. The molecular formula is C12H12ClNO. The van der Waals surface area contributed by atoms with Crippen LogP contribution in [-0.4, -0.2) is 11.9 Å². The van der Waals surface area contributed by atoms with Crippen LogP contribution in [0.4, 0.5) is 0 Å². The number of amides is 1. The molecule has 1 N–H and O–H groups in total. The Balaban J connectivity index is 2.66. The SMILES string of the molecule is C#CC(C)NC(=O)C(Cl)c1ccccc1. The molecule has 0 radical (unpaired) electrons. The van der Waals surface area contributed by atoms with E-state index >= 15 is 0 Å². The summed E-state index contributed by atoms with van der Waals surface area (Å²) in [6, 6.07) is 8.85. The molecule has 1 aromatic carbocycles. The Kier molecular flexibility index (Phi) is 4.20. The lowest BCUT2D eigenvalue weighted by Crippen LogP contribution is -2.33. The van der Waals surface area contributed by atoms with Crippen molar-refractivity contribution < 1.29 is 4.79 Å². The highest BCUT2D eigenvalue weighted by molar-refractivity contribution is 6.30. The van der Waals surface area contributed by atoms with Gasteiger partial charge in [-0.25, -0.2) is 0 Å². The third kappa shape index (κ3) is 3.30. The maximum Gasteiger partial charge on any atom is 0.243 e. The highest BCUT2D eigenvalue weighted by atomic mass is 35.5. The maximum atomic E-state index is 11.6. The number of hydrogen-bond acceptors (Lipinski definition) is 1. The molecule has 0 aliphatic carbocycles. The largest absolute Gasteiger partial charge is 0.341 e. The van der Waals surface area contributed by atoms with Gasteiger partial charge in [0.15, 0.2) is 0 Å². The summed E-state index contributed by atoms with van der Waals surface area (Å²) in [5.74, 6) is 2.14. The number of carbonyl (C=O) groups is 1. The zero-order valence-electron chi connectivity index (χ0n) is 8.41. The van der Waals surface area contributed by atoms with E-state index in [2.05, 4.69) is 11.2 Å². The van der Waals surface area contributed by atoms with Crippen molar-refractivity contribution in [3.63, 3.8) is 0 Å². The van der Waals surface area contributed by atoms with Crippen molar-refractivity contribution in [2.45, 2.75) is 18.3 Å². The third-order valence-corrected chi connectivity index (χ3v) is 2.38. The van der Waals surface area contributed by atoms with Crippen molar-refractivity contribution in [3.8, 4) is 12.3 Å². The lowest BCUT2D eigenvalue weighted by molar-refractivity contribution is -0.121. The molecule has 0 aliphatic heterocycles. The number of alkyl halides is 1. The van der Waals surface area contributed by atoms with Crippen LogP contribution in [0.3, 0.4) is 0 Å². The highest BCUT2D eigenvalue weighted by Crippen LogP contribution is 2.19. The van der Waals surface area contributed by atoms with Gasteiger partial charge in [0, 0.05) is 0 Å². The monoisotopic (exact) mass is 221 g/mol. The molecule has 0 aliphatic rings. The second-order valence-corrected chi connectivity index (χ2v) is 3.61. The van der Waals surface area contributed by atoms with Gasteiger partial charge in [0.2, 0.25) is 5.91 Å². The fraction of sp³-hybridized carbons (Fsp3) is 0.250. The van der Waals surface area contributed by atoms with Crippen LogP contribution in [0.15, 0.2) is 30.3 Å². The zero-order valence-corrected chi connectivity index (χ0v) is 9.16. The number of rotatable bonds is 3. The molecule has 1 amide bonds. The van der Waals surface area contributed by atoms with Gasteiger partial charge in [-0.1, -0.05) is 36.3 Å². The molecule has 15 heavy (non-hydrogen) atoms. The third-order valence-electron chi connectivity index (χ3n) is 1.93. The van der Waals surface area contributed by atoms with E-state index in [4.69, 9.17) is 18.0 Å². The summed E-state index contributed by atoms with van der Waals surface area (Å²) < 4.78 is 0. The molecule has 2 unspecified atom stereocenters. The predicted molar refractivity (Wildman–Crippen MR) is 61.5 cm³/mol. The first-order chi connectivity index (χ1) is 7.15. The molecule has 2 atom stereocenters. The standard InChI is InChI=1S/C12H12ClNO/c1-3-9(2)14-12(15)11(13)10-7-5-4-6-8-10/h1,4-9,11H,2H3,(H,14,15). The van der Waals surface area contributed by atoms with Crippen LogP contribution in [-0.2, 0) is 4.79 Å². The Bertz CT molecular complexity index is 369. The van der Waals surface area contributed by atoms with Crippen LogP contribution < -0.4 is 5.32 Å². The van der Waals surface area contributed by atoms with E-state index in [1.165, 1.54) is 0 Å². The molecule has 3 heteroatoms. The van der Waals surface area contributed by atoms with Crippen molar-refractivity contribution in [3.05, 3.63) is 35.9 Å². The number of hydrogen-bond donors (Lipinski definition) is 1. The van der Waals surface area contributed by atoms with Gasteiger partial charge in [-0.2, -0.15) is 0 Å². The smallest absolute Gasteiger partial charge is 0.243 e. The van der Waals surface area contributed by atoms with E-state index in [1.54, 1.807) is 19.1 Å². The van der Waals surface area contributed by atoms with E-state index in [9.17, 15) is 4.79 Å². The van der Waals surface area contributed by atoms with E-state index in [-0.39, 0.29) is 11.9 Å². The summed E-state index contributed by atoms with van der Waals surface area (Å²) in [4.78, 5) is 11.6. The number of carbonyl (C=O) groups excluding carboxylic acids is 1. The molecule has 0 saturated carbocycles. The fourth-order valence-electron chi connectivity index (χ4n) is 1.10. The minimum atomic E-state index is -0.693. The minimum absolute atomic E-state index is 0.270. The summed E-state index contributed by atoms with van der Waals surface area (Å²) in [6.07, 6.45) is 5.15. The molecular weight excluding hydrogens is 210 g/mol. The van der Waals surface area contributed by atoms with E-state index in [0.29, 0.717) is 0 Å². The highest BCUT2D eigenvalue weighted by Gasteiger charge is 2.17. The molecule has 0 bridgehead atoms. The van der Waals surface area contributed by atoms with E-state index < -0.39 is 5.38 Å². The summed E-state index contributed by atoms with van der Waals surface area (Å²) in [5.41, 5.74) is 0.765. The molecule has 0 aromatic heterocycles. The Morgan fingerprint density at radius 1 is 1.47 bits per heavy atom. The van der Waals surface area contributed by atoms with Gasteiger partial charge in [0.25, 0.3) is 0 Å². The minimum Gasteiger partial charge on any atom is -0.341 e. The Morgan fingerprint density at radius 3 is 2.60 bits per heavy atom. The van der Waals surface area contributed by atoms with E-state index in [0.717, 1.165) is 5.56 Å². The first kappa shape index (κ1) is 11.6. The van der Waals surface area contributed by atoms with Gasteiger partial charge in [0.1, 0.15) is 5.38 Å². The fourth-order valence-corrected chi connectivity index (χ4v) is 1.31. The molecule has 0 heterocycles. The molecule has 0 saturated heterocycles. The van der Waals surface area contributed by atoms with Gasteiger partial charge in [-0.05, 0) is 12.5 Å². The molecule has 1 aromatic rings. The van der Waals surface area contributed by atoms with Crippen LogP contribution >= 0.6 is 11.6 Å². The summed E-state index contributed by atoms with van der Waals surface area (Å²) in [5, 5.41) is 1.93. The number of terminal acetylenes is 1. The Labute approximate surface area is 94.6 Å². The summed E-state index contributed by atoms with van der Waals surface area (Å²) in [6.45, 7) is 1.73. The van der Waals surface area contributed by atoms with Crippen molar-refractivity contribution >= 4 is 17.5 Å².